The van der Waals surface area contributed by atoms with Crippen molar-refractivity contribution in [1.82, 2.24) is 19.6 Å². The molecule has 0 unspecified atom stereocenters. The van der Waals surface area contributed by atoms with E-state index in [0.717, 1.165) is 29.6 Å². The van der Waals surface area contributed by atoms with Crippen LogP contribution in [0.1, 0.15) is 28.1 Å². The first kappa shape index (κ1) is 16.3. The fourth-order valence-electron chi connectivity index (χ4n) is 3.05. The van der Waals surface area contributed by atoms with Crippen molar-refractivity contribution >= 4 is 22.2 Å². The molecular weight excluding hydrogens is 340 g/mol. The highest BCUT2D eigenvalue weighted by Crippen LogP contribution is 2.23. The number of nitrogens with one attached hydrogen (secondary N) is 1. The average molecular weight is 360 g/mol. The van der Waals surface area contributed by atoms with Gasteiger partial charge in [0, 0.05) is 37.4 Å². The van der Waals surface area contributed by atoms with Crippen LogP contribution in [-0.4, -0.2) is 53.0 Å². The number of carbonyl (C=O) groups is 1. The third-order valence-electron chi connectivity index (χ3n) is 4.36. The van der Waals surface area contributed by atoms with E-state index in [0.29, 0.717) is 25.5 Å². The summed E-state index contributed by atoms with van der Waals surface area (Å²) in [5.74, 6) is 1.57. The maximum Gasteiger partial charge on any atom is 0.271 e. The third-order valence-corrected chi connectivity index (χ3v) is 5.13. The molecule has 0 spiro atoms. The summed E-state index contributed by atoms with van der Waals surface area (Å²) in [7, 11) is 0. The van der Waals surface area contributed by atoms with Crippen LogP contribution in [-0.2, 0) is 4.74 Å². The number of aromatic nitrogens is 2. The number of furan rings is 1. The van der Waals surface area contributed by atoms with E-state index in [9.17, 15) is 4.79 Å². The van der Waals surface area contributed by atoms with Gasteiger partial charge >= 0.3 is 0 Å². The van der Waals surface area contributed by atoms with Gasteiger partial charge in [0.05, 0.1) is 19.3 Å². The number of amides is 1. The maximum atomic E-state index is 12.5. The number of rotatable bonds is 5. The number of aryl methyl sites for hydroxylation is 1. The van der Waals surface area contributed by atoms with Crippen molar-refractivity contribution in [3.05, 3.63) is 47.1 Å². The Labute approximate surface area is 149 Å². The van der Waals surface area contributed by atoms with E-state index in [1.807, 2.05) is 35.0 Å². The molecule has 0 saturated carbocycles. The minimum absolute atomic E-state index is 0.00900. The number of imidazole rings is 1. The molecule has 8 heteroatoms. The molecule has 1 N–H and O–H groups in total. The fourth-order valence-corrected chi connectivity index (χ4v) is 3.75. The van der Waals surface area contributed by atoms with E-state index >= 15 is 0 Å². The molecule has 132 valence electrons. The number of morpholine rings is 1. The average Bonchev–Trinajstić information content (AvgIpc) is 3.32. The lowest BCUT2D eigenvalue weighted by Crippen LogP contribution is -2.43. The van der Waals surface area contributed by atoms with Crippen LogP contribution in [0.4, 0.5) is 0 Å². The molecule has 4 heterocycles. The summed E-state index contributed by atoms with van der Waals surface area (Å²) >= 11 is 1.51. The van der Waals surface area contributed by atoms with E-state index in [2.05, 4.69) is 15.2 Å². The summed E-state index contributed by atoms with van der Waals surface area (Å²) in [5.41, 5.74) is 0.434. The summed E-state index contributed by atoms with van der Waals surface area (Å²) < 4.78 is 13.1. The predicted octanol–water partition coefficient (Wildman–Crippen LogP) is 2.10. The van der Waals surface area contributed by atoms with Crippen LogP contribution in [0.2, 0.25) is 0 Å². The normalized spacial score (nSPS) is 17.0. The lowest BCUT2D eigenvalue weighted by molar-refractivity contribution is 0.0117. The molecule has 4 rings (SSSR count). The predicted molar refractivity (Wildman–Crippen MR) is 94.0 cm³/mol. The zero-order valence-corrected chi connectivity index (χ0v) is 14.8. The van der Waals surface area contributed by atoms with E-state index in [-0.39, 0.29) is 11.9 Å². The van der Waals surface area contributed by atoms with Gasteiger partial charge in [0.2, 0.25) is 0 Å². The number of nitrogens with zero attached hydrogens (tertiary/aromatic N) is 3. The van der Waals surface area contributed by atoms with Gasteiger partial charge in [-0.3, -0.25) is 14.1 Å². The molecule has 1 aliphatic heterocycles. The standard InChI is InChI=1S/C17H20N4O3S/c1-12-2-3-15(24-12)14(20-4-7-23-8-5-20)10-18-16(22)13-11-21-6-9-25-17(21)19-13/h2-3,6,9,11,14H,4-5,7-8,10H2,1H3,(H,18,22)/t14-/m0/s1. The van der Waals surface area contributed by atoms with Crippen molar-refractivity contribution in [1.29, 1.82) is 0 Å². The van der Waals surface area contributed by atoms with Crippen LogP contribution in [0.5, 0.6) is 0 Å². The first-order valence-corrected chi connectivity index (χ1v) is 9.17. The zero-order chi connectivity index (χ0) is 17.2. The van der Waals surface area contributed by atoms with Crippen molar-refractivity contribution in [2.24, 2.45) is 0 Å². The number of fused-ring (bicyclic) bond motifs is 1. The minimum Gasteiger partial charge on any atom is -0.465 e. The number of hydrogen-bond donors (Lipinski definition) is 1. The van der Waals surface area contributed by atoms with E-state index in [1.165, 1.54) is 11.3 Å². The molecule has 1 fully saturated rings. The van der Waals surface area contributed by atoms with Crippen molar-refractivity contribution < 1.29 is 13.9 Å². The van der Waals surface area contributed by atoms with Crippen LogP contribution in [0.25, 0.3) is 4.96 Å². The van der Waals surface area contributed by atoms with Crippen LogP contribution in [0.3, 0.4) is 0 Å². The Morgan fingerprint density at radius 2 is 2.24 bits per heavy atom. The first-order valence-electron chi connectivity index (χ1n) is 8.29. The second kappa shape index (κ2) is 6.99. The Bertz CT molecular complexity index is 834. The number of ether oxygens (including phenoxy) is 1. The van der Waals surface area contributed by atoms with Crippen LogP contribution in [0, 0.1) is 6.92 Å². The highest BCUT2D eigenvalue weighted by molar-refractivity contribution is 7.15. The van der Waals surface area contributed by atoms with Gasteiger partial charge < -0.3 is 14.5 Å². The molecule has 25 heavy (non-hydrogen) atoms. The van der Waals surface area contributed by atoms with E-state index in [4.69, 9.17) is 9.15 Å². The minimum atomic E-state index is -0.169. The molecule has 0 aromatic carbocycles. The molecule has 3 aromatic rings. The van der Waals surface area contributed by atoms with Gasteiger partial charge in [-0.2, -0.15) is 0 Å². The molecule has 1 atom stereocenters. The Hall–Kier alpha value is -2.16. The molecule has 1 saturated heterocycles. The van der Waals surface area contributed by atoms with E-state index in [1.54, 1.807) is 6.20 Å². The topological polar surface area (TPSA) is 72.0 Å². The monoisotopic (exact) mass is 360 g/mol. The van der Waals surface area contributed by atoms with Gasteiger partial charge in [-0.1, -0.05) is 0 Å². The van der Waals surface area contributed by atoms with Crippen molar-refractivity contribution in [3.63, 3.8) is 0 Å². The third kappa shape index (κ3) is 3.46. The van der Waals surface area contributed by atoms with Crippen molar-refractivity contribution in [3.8, 4) is 0 Å². The van der Waals surface area contributed by atoms with Gasteiger partial charge in [0.1, 0.15) is 17.2 Å². The first-order chi connectivity index (χ1) is 12.2. The highest BCUT2D eigenvalue weighted by Gasteiger charge is 2.26. The highest BCUT2D eigenvalue weighted by atomic mass is 32.1. The SMILES string of the molecule is Cc1ccc([C@H](CNC(=O)c2cn3ccsc3n2)N2CCOCC2)o1. The van der Waals surface area contributed by atoms with Gasteiger partial charge in [0.15, 0.2) is 4.96 Å². The number of thiazole rings is 1. The molecule has 3 aromatic heterocycles. The molecule has 1 amide bonds. The van der Waals surface area contributed by atoms with Crippen LogP contribution >= 0.6 is 11.3 Å². The Morgan fingerprint density at radius 3 is 2.96 bits per heavy atom. The summed E-state index contributed by atoms with van der Waals surface area (Å²) in [6.07, 6.45) is 3.65. The van der Waals surface area contributed by atoms with Gasteiger partial charge in [-0.15, -0.1) is 11.3 Å². The number of hydrogen-bond acceptors (Lipinski definition) is 6. The largest absolute Gasteiger partial charge is 0.465 e. The van der Waals surface area contributed by atoms with Gasteiger partial charge in [0.25, 0.3) is 5.91 Å². The number of carbonyl (C=O) groups excluding carboxylic acids is 1. The van der Waals surface area contributed by atoms with Crippen LogP contribution < -0.4 is 5.32 Å². The molecule has 1 aliphatic rings. The maximum absolute atomic E-state index is 12.5. The zero-order valence-electron chi connectivity index (χ0n) is 14.0. The smallest absolute Gasteiger partial charge is 0.271 e. The molecule has 0 aliphatic carbocycles. The Balaban J connectivity index is 1.47. The Kier molecular flexibility index (Phi) is 4.56. The van der Waals surface area contributed by atoms with Crippen LogP contribution in [0.15, 0.2) is 34.3 Å². The second-order valence-corrected chi connectivity index (χ2v) is 6.91. The molecular formula is C17H20N4O3S. The summed E-state index contributed by atoms with van der Waals surface area (Å²) in [5, 5.41) is 4.94. The quantitative estimate of drug-likeness (QED) is 0.754. The second-order valence-electron chi connectivity index (χ2n) is 6.04. The Morgan fingerprint density at radius 1 is 1.40 bits per heavy atom. The summed E-state index contributed by atoms with van der Waals surface area (Å²) in [6, 6.07) is 3.92. The lowest BCUT2D eigenvalue weighted by atomic mass is 10.1. The van der Waals surface area contributed by atoms with E-state index < -0.39 is 0 Å². The van der Waals surface area contributed by atoms with Gasteiger partial charge in [-0.05, 0) is 19.1 Å². The van der Waals surface area contributed by atoms with Gasteiger partial charge in [-0.25, -0.2) is 4.98 Å². The molecule has 0 radical (unpaired) electrons. The molecule has 0 bridgehead atoms. The fraction of sp³-hybridized carbons (Fsp3) is 0.412. The molecule has 7 nitrogen and oxygen atoms in total. The summed E-state index contributed by atoms with van der Waals surface area (Å²) in [4.78, 5) is 19.9. The lowest BCUT2D eigenvalue weighted by Gasteiger charge is -2.33. The summed E-state index contributed by atoms with van der Waals surface area (Å²) in [6.45, 7) is 5.43. The van der Waals surface area contributed by atoms with Crippen molar-refractivity contribution in [2.75, 3.05) is 32.8 Å². The van der Waals surface area contributed by atoms with Crippen molar-refractivity contribution in [2.45, 2.75) is 13.0 Å².